The lowest BCUT2D eigenvalue weighted by Crippen LogP contribution is -2.47. The van der Waals surface area contributed by atoms with Gasteiger partial charge in [0.05, 0.1) is 6.54 Å². The number of carbonyl (C=O) groups excluding carboxylic acids is 3. The number of carboxylic acid groups (broad SMARTS) is 1. The van der Waals surface area contributed by atoms with Crippen molar-refractivity contribution in [2.75, 3.05) is 6.73 Å². The van der Waals surface area contributed by atoms with E-state index in [1.54, 1.807) is 50.2 Å². The standard InChI is InChI=1S/C22H24Cl2N4O4S.C2HF3O2/c1-13(2)18(25)20(30)32-12-27-21(26-19(29)15-5-9-17(24)10-6-15)33-28(22(27)31)11-14-3-7-16(23)8-4-14;3-2(4,5)1(6)7/h3-10,13,18,21H,11-12,25H2,1-2H3,(H,26,29);(H,6,7)/t18-,21?;/m0./s1. The summed E-state index contributed by atoms with van der Waals surface area (Å²) in [6.45, 7) is 3.51. The molecule has 3 amide bonds. The number of aliphatic carboxylic acids is 1. The van der Waals surface area contributed by atoms with Crippen molar-refractivity contribution in [2.45, 2.75) is 38.1 Å². The third kappa shape index (κ3) is 9.77. The number of rotatable bonds is 8. The zero-order chi connectivity index (χ0) is 30.2. The predicted molar refractivity (Wildman–Crippen MR) is 142 cm³/mol. The maximum atomic E-state index is 13.1. The fourth-order valence-electron chi connectivity index (χ4n) is 2.85. The molecule has 0 aromatic heterocycles. The van der Waals surface area contributed by atoms with Gasteiger partial charge in [0.15, 0.2) is 12.2 Å². The Hall–Kier alpha value is -3.20. The van der Waals surface area contributed by atoms with Gasteiger partial charge in [0.2, 0.25) is 0 Å². The number of halogens is 5. The van der Waals surface area contributed by atoms with Gasteiger partial charge in [-0.25, -0.2) is 9.59 Å². The van der Waals surface area contributed by atoms with E-state index in [1.807, 2.05) is 12.1 Å². The number of nitrogens with zero attached hydrogens (tertiary/aromatic N) is 2. The normalized spacial score (nSPS) is 15.8. The SMILES string of the molecule is CC(C)[C@H](N)C(=O)OCN1C(=O)N(Cc2ccc(Cl)cc2)SC1NC(=O)c1ccc(Cl)cc1.O=C(O)C(F)(F)F. The van der Waals surface area contributed by atoms with Crippen molar-refractivity contribution in [3.05, 3.63) is 69.7 Å². The predicted octanol–water partition coefficient (Wildman–Crippen LogP) is 4.71. The maximum absolute atomic E-state index is 13.1. The molecule has 1 heterocycles. The number of nitrogens with one attached hydrogen (secondary N) is 1. The number of carbonyl (C=O) groups is 4. The highest BCUT2D eigenvalue weighted by molar-refractivity contribution is 7.98. The fourth-order valence-corrected chi connectivity index (χ4v) is 4.19. The molecule has 4 N–H and O–H groups in total. The second-order valence-corrected chi connectivity index (χ2v) is 10.5. The first-order chi connectivity index (χ1) is 18.6. The molecule has 10 nitrogen and oxygen atoms in total. The molecule has 0 aliphatic carbocycles. The summed E-state index contributed by atoms with van der Waals surface area (Å²) in [6, 6.07) is 12.2. The molecule has 2 atom stereocenters. The van der Waals surface area contributed by atoms with Gasteiger partial charge in [0.25, 0.3) is 5.91 Å². The van der Waals surface area contributed by atoms with Crippen molar-refractivity contribution in [1.29, 1.82) is 0 Å². The average molecular weight is 625 g/mol. The minimum atomic E-state index is -5.08. The lowest BCUT2D eigenvalue weighted by molar-refractivity contribution is -0.192. The molecule has 0 radical (unpaired) electrons. The summed E-state index contributed by atoms with van der Waals surface area (Å²) in [5.74, 6) is -3.90. The smallest absolute Gasteiger partial charge is 0.475 e. The van der Waals surface area contributed by atoms with Crippen molar-refractivity contribution in [3.63, 3.8) is 0 Å². The highest BCUT2D eigenvalue weighted by Gasteiger charge is 2.41. The van der Waals surface area contributed by atoms with Crippen molar-refractivity contribution in [3.8, 4) is 0 Å². The van der Waals surface area contributed by atoms with Crippen LogP contribution < -0.4 is 11.1 Å². The van der Waals surface area contributed by atoms with E-state index in [2.05, 4.69) is 5.32 Å². The zero-order valence-electron chi connectivity index (χ0n) is 21.0. The fraction of sp³-hybridized carbons (Fsp3) is 0.333. The summed E-state index contributed by atoms with van der Waals surface area (Å²) in [5.41, 5.74) is 6.27. The first kappa shape index (κ1) is 33.0. The Morgan fingerprint density at radius 3 is 2.05 bits per heavy atom. The maximum Gasteiger partial charge on any atom is 0.490 e. The minimum Gasteiger partial charge on any atom is -0.475 e. The Morgan fingerprint density at radius 2 is 1.57 bits per heavy atom. The van der Waals surface area contributed by atoms with Crippen molar-refractivity contribution >= 4 is 59.0 Å². The van der Waals surface area contributed by atoms with Crippen molar-refractivity contribution < 1.29 is 42.2 Å². The summed E-state index contributed by atoms with van der Waals surface area (Å²) in [5, 5.41) is 11.0. The molecule has 1 saturated heterocycles. The molecular formula is C24H25Cl2F3N4O6S. The summed E-state index contributed by atoms with van der Waals surface area (Å²) in [6.07, 6.45) is -5.08. The Morgan fingerprint density at radius 1 is 1.07 bits per heavy atom. The Balaban J connectivity index is 0.000000708. The number of nitrogens with two attached hydrogens (primary N) is 1. The molecular weight excluding hydrogens is 600 g/mol. The van der Waals surface area contributed by atoms with Crippen LogP contribution in [-0.2, 0) is 20.9 Å². The van der Waals surface area contributed by atoms with E-state index in [4.69, 9.17) is 43.6 Å². The first-order valence-corrected chi connectivity index (χ1v) is 13.0. The lowest BCUT2D eigenvalue weighted by atomic mass is 10.1. The summed E-state index contributed by atoms with van der Waals surface area (Å²) >= 11 is 12.9. The van der Waals surface area contributed by atoms with E-state index < -0.39 is 41.6 Å². The number of esters is 1. The second kappa shape index (κ2) is 14.4. The van der Waals surface area contributed by atoms with Crippen molar-refractivity contribution in [1.82, 2.24) is 14.5 Å². The van der Waals surface area contributed by atoms with Gasteiger partial charge in [-0.1, -0.05) is 49.2 Å². The van der Waals surface area contributed by atoms with Crippen LogP contribution in [0, 0.1) is 5.92 Å². The quantitative estimate of drug-likeness (QED) is 0.283. The number of hydrogen-bond donors (Lipinski definition) is 3. The Kier molecular flexibility index (Phi) is 11.9. The molecule has 40 heavy (non-hydrogen) atoms. The van der Waals surface area contributed by atoms with E-state index in [-0.39, 0.29) is 19.2 Å². The number of urea groups is 1. The molecule has 16 heteroatoms. The molecule has 1 aliphatic heterocycles. The van der Waals surface area contributed by atoms with E-state index in [0.29, 0.717) is 15.6 Å². The number of alkyl halides is 3. The van der Waals surface area contributed by atoms with E-state index in [9.17, 15) is 27.6 Å². The molecule has 1 fully saturated rings. The monoisotopic (exact) mass is 624 g/mol. The Labute approximate surface area is 241 Å². The average Bonchev–Trinajstić information content (AvgIpc) is 3.16. The molecule has 0 saturated carbocycles. The number of hydrogen-bond acceptors (Lipinski definition) is 7. The molecule has 0 spiro atoms. The van der Waals surface area contributed by atoms with Gasteiger partial charge in [-0.2, -0.15) is 13.2 Å². The van der Waals surface area contributed by atoms with E-state index >= 15 is 0 Å². The van der Waals surface area contributed by atoms with Crippen LogP contribution in [0.2, 0.25) is 10.0 Å². The highest BCUT2D eigenvalue weighted by Crippen LogP contribution is 2.32. The van der Waals surface area contributed by atoms with Crippen molar-refractivity contribution in [2.24, 2.45) is 11.7 Å². The molecule has 1 unspecified atom stereocenters. The van der Waals surface area contributed by atoms with Crippen LogP contribution in [0.25, 0.3) is 0 Å². The van der Waals surface area contributed by atoms with Crippen LogP contribution in [0.4, 0.5) is 18.0 Å². The van der Waals surface area contributed by atoms with Gasteiger partial charge in [-0.05, 0) is 47.9 Å². The molecule has 218 valence electrons. The largest absolute Gasteiger partial charge is 0.490 e. The number of ether oxygens (including phenoxy) is 1. The van der Waals surface area contributed by atoms with Crippen LogP contribution in [0.5, 0.6) is 0 Å². The highest BCUT2D eigenvalue weighted by atomic mass is 35.5. The van der Waals surface area contributed by atoms with Gasteiger partial charge < -0.3 is 20.9 Å². The number of carboxylic acids is 1. The minimum absolute atomic E-state index is 0.122. The molecule has 2 aromatic carbocycles. The summed E-state index contributed by atoms with van der Waals surface area (Å²) in [7, 11) is 0. The van der Waals surface area contributed by atoms with Crippen LogP contribution in [-0.4, -0.2) is 62.6 Å². The van der Waals surface area contributed by atoms with Gasteiger partial charge in [-0.15, -0.1) is 0 Å². The van der Waals surface area contributed by atoms with Gasteiger partial charge in [-0.3, -0.25) is 18.8 Å². The first-order valence-electron chi connectivity index (χ1n) is 11.4. The second-order valence-electron chi connectivity index (χ2n) is 8.52. The van der Waals surface area contributed by atoms with Crippen LogP contribution in [0.15, 0.2) is 48.5 Å². The molecule has 0 bridgehead atoms. The van der Waals surface area contributed by atoms with E-state index in [1.165, 1.54) is 9.21 Å². The van der Waals surface area contributed by atoms with Gasteiger partial charge in [0.1, 0.15) is 6.04 Å². The molecule has 3 rings (SSSR count). The third-order valence-electron chi connectivity index (χ3n) is 5.15. The zero-order valence-corrected chi connectivity index (χ0v) is 23.4. The van der Waals surface area contributed by atoms with E-state index in [0.717, 1.165) is 17.5 Å². The summed E-state index contributed by atoms with van der Waals surface area (Å²) in [4.78, 5) is 48.2. The van der Waals surface area contributed by atoms with Gasteiger partial charge in [0, 0.05) is 27.6 Å². The Bertz CT molecular complexity index is 1200. The third-order valence-corrected chi connectivity index (χ3v) is 6.76. The lowest BCUT2D eigenvalue weighted by Gasteiger charge is -2.23. The van der Waals surface area contributed by atoms with Crippen LogP contribution >= 0.6 is 35.1 Å². The number of amides is 3. The number of benzene rings is 2. The van der Waals surface area contributed by atoms with Crippen LogP contribution in [0.1, 0.15) is 29.8 Å². The molecule has 2 aromatic rings. The summed E-state index contributed by atoms with van der Waals surface area (Å²) < 4.78 is 38.5. The topological polar surface area (TPSA) is 142 Å². The molecule has 1 aliphatic rings. The van der Waals surface area contributed by atoms with Crippen LogP contribution in [0.3, 0.4) is 0 Å². The van der Waals surface area contributed by atoms with Gasteiger partial charge >= 0.3 is 24.1 Å².